The zero-order valence-corrected chi connectivity index (χ0v) is 15.3. The van der Waals surface area contributed by atoms with Gasteiger partial charge in [0.15, 0.2) is 5.82 Å². The Morgan fingerprint density at radius 3 is 2.75 bits per heavy atom. The molecule has 4 rings (SSSR count). The number of amides is 1. The van der Waals surface area contributed by atoms with Gasteiger partial charge >= 0.3 is 0 Å². The van der Waals surface area contributed by atoms with Crippen LogP contribution in [0.15, 0.2) is 59.4 Å². The van der Waals surface area contributed by atoms with E-state index in [4.69, 9.17) is 4.52 Å². The molecule has 1 atom stereocenters. The second-order valence-electron chi connectivity index (χ2n) is 6.61. The summed E-state index contributed by atoms with van der Waals surface area (Å²) in [7, 11) is 0. The molecule has 28 heavy (non-hydrogen) atoms. The van der Waals surface area contributed by atoms with E-state index in [1.165, 1.54) is 18.5 Å². The van der Waals surface area contributed by atoms with Crippen LogP contribution in [0.5, 0.6) is 0 Å². The van der Waals surface area contributed by atoms with E-state index >= 15 is 0 Å². The molecule has 0 radical (unpaired) electrons. The Kier molecular flexibility index (Phi) is 4.89. The van der Waals surface area contributed by atoms with Crippen molar-refractivity contribution in [3.05, 3.63) is 72.1 Å². The van der Waals surface area contributed by atoms with Crippen molar-refractivity contribution < 1.29 is 13.7 Å². The summed E-state index contributed by atoms with van der Waals surface area (Å²) in [6.45, 7) is 1.80. The minimum atomic E-state index is -0.328. The molecular formula is C21H19FN4O2. The first-order valence-corrected chi connectivity index (χ1v) is 9.03. The first-order valence-electron chi connectivity index (χ1n) is 9.03. The van der Waals surface area contributed by atoms with Crippen LogP contribution in [-0.4, -0.2) is 21.0 Å². The van der Waals surface area contributed by atoms with Crippen LogP contribution in [0.3, 0.4) is 0 Å². The van der Waals surface area contributed by atoms with Gasteiger partial charge in [-0.3, -0.25) is 4.79 Å². The fraction of sp³-hybridized carbons (Fsp3) is 0.190. The molecule has 1 amide bonds. The first-order chi connectivity index (χ1) is 13.6. The smallest absolute Gasteiger partial charge is 0.220 e. The largest absolute Gasteiger partial charge is 0.354 e. The number of para-hydroxylation sites is 1. The summed E-state index contributed by atoms with van der Waals surface area (Å²) < 4.78 is 18.0. The highest BCUT2D eigenvalue weighted by Crippen LogP contribution is 2.31. The number of aromatic nitrogens is 3. The van der Waals surface area contributed by atoms with Crippen LogP contribution in [0.1, 0.15) is 30.8 Å². The van der Waals surface area contributed by atoms with Crippen molar-refractivity contribution in [3.63, 3.8) is 0 Å². The van der Waals surface area contributed by atoms with Crippen molar-refractivity contribution in [1.82, 2.24) is 20.4 Å². The Morgan fingerprint density at radius 2 is 2.00 bits per heavy atom. The van der Waals surface area contributed by atoms with E-state index in [9.17, 15) is 9.18 Å². The van der Waals surface area contributed by atoms with Crippen molar-refractivity contribution in [2.75, 3.05) is 0 Å². The highest BCUT2D eigenvalue weighted by atomic mass is 19.1. The highest BCUT2D eigenvalue weighted by Gasteiger charge is 2.17. The second-order valence-corrected chi connectivity index (χ2v) is 6.61. The molecule has 0 aliphatic rings. The fourth-order valence-electron chi connectivity index (χ4n) is 3.31. The van der Waals surface area contributed by atoms with Gasteiger partial charge in [-0.25, -0.2) is 4.39 Å². The number of carbonyl (C=O) groups excluding carboxylic acids is 1. The third kappa shape index (κ3) is 3.64. The standard InChI is InChI=1S/C21H19FN4O2/c1-13(21-23-12-28-26-21)24-19(27)11-10-17-16-4-2-3-5-18(16)25-20(17)14-6-8-15(22)9-7-14/h2-9,12-13,25H,10-11H2,1H3,(H,24,27). The summed E-state index contributed by atoms with van der Waals surface area (Å²) in [4.78, 5) is 19.8. The van der Waals surface area contributed by atoms with Gasteiger partial charge in [0.1, 0.15) is 5.82 Å². The molecule has 0 bridgehead atoms. The molecular weight excluding hydrogens is 359 g/mol. The van der Waals surface area contributed by atoms with Gasteiger partial charge in [0.25, 0.3) is 0 Å². The van der Waals surface area contributed by atoms with E-state index in [0.29, 0.717) is 18.7 Å². The van der Waals surface area contributed by atoms with Crippen LogP contribution in [0.2, 0.25) is 0 Å². The molecule has 2 aromatic heterocycles. The molecule has 0 aliphatic heterocycles. The Balaban J connectivity index is 1.56. The molecule has 0 fully saturated rings. The maximum absolute atomic E-state index is 13.3. The van der Waals surface area contributed by atoms with Crippen molar-refractivity contribution in [2.24, 2.45) is 0 Å². The van der Waals surface area contributed by atoms with Crippen LogP contribution >= 0.6 is 0 Å². The van der Waals surface area contributed by atoms with Gasteiger partial charge in [0, 0.05) is 23.0 Å². The van der Waals surface area contributed by atoms with Crippen LogP contribution in [-0.2, 0) is 11.2 Å². The summed E-state index contributed by atoms with van der Waals surface area (Å²) in [5, 5.41) is 7.68. The minimum Gasteiger partial charge on any atom is -0.354 e. The van der Waals surface area contributed by atoms with E-state index in [0.717, 1.165) is 27.7 Å². The number of benzene rings is 2. The van der Waals surface area contributed by atoms with E-state index in [1.54, 1.807) is 19.1 Å². The summed E-state index contributed by atoms with van der Waals surface area (Å²) in [6.07, 6.45) is 2.08. The monoisotopic (exact) mass is 378 g/mol. The molecule has 0 aliphatic carbocycles. The maximum atomic E-state index is 13.3. The number of aryl methyl sites for hydroxylation is 1. The number of nitrogens with zero attached hydrogens (tertiary/aromatic N) is 2. The summed E-state index contributed by atoms with van der Waals surface area (Å²) >= 11 is 0. The lowest BCUT2D eigenvalue weighted by molar-refractivity contribution is -0.121. The number of carbonyl (C=O) groups is 1. The number of nitrogens with one attached hydrogen (secondary N) is 2. The maximum Gasteiger partial charge on any atom is 0.220 e. The molecule has 1 unspecified atom stereocenters. The van der Waals surface area contributed by atoms with Crippen LogP contribution in [0.25, 0.3) is 22.2 Å². The highest BCUT2D eigenvalue weighted by molar-refractivity contribution is 5.91. The van der Waals surface area contributed by atoms with Gasteiger partial charge < -0.3 is 14.8 Å². The second kappa shape index (κ2) is 7.64. The quantitative estimate of drug-likeness (QED) is 0.527. The summed E-state index contributed by atoms with van der Waals surface area (Å²) in [6, 6.07) is 13.9. The number of H-pyrrole nitrogens is 1. The Bertz CT molecular complexity index is 1090. The van der Waals surface area contributed by atoms with E-state index in [1.807, 2.05) is 24.3 Å². The minimum absolute atomic E-state index is 0.104. The van der Waals surface area contributed by atoms with E-state index in [-0.39, 0.29) is 17.8 Å². The predicted octanol–water partition coefficient (Wildman–Crippen LogP) is 4.17. The molecule has 4 aromatic rings. The van der Waals surface area contributed by atoms with Crippen LogP contribution < -0.4 is 5.32 Å². The van der Waals surface area contributed by atoms with Gasteiger partial charge in [-0.1, -0.05) is 23.4 Å². The van der Waals surface area contributed by atoms with Gasteiger partial charge in [-0.2, -0.15) is 4.98 Å². The summed E-state index contributed by atoms with van der Waals surface area (Å²) in [5.41, 5.74) is 3.80. The number of hydrogen-bond acceptors (Lipinski definition) is 4. The number of halogens is 1. The van der Waals surface area contributed by atoms with Crippen molar-refractivity contribution >= 4 is 16.8 Å². The lowest BCUT2D eigenvalue weighted by Crippen LogP contribution is -2.27. The van der Waals surface area contributed by atoms with Crippen LogP contribution in [0.4, 0.5) is 4.39 Å². The van der Waals surface area contributed by atoms with E-state index < -0.39 is 0 Å². The molecule has 2 N–H and O–H groups in total. The first kappa shape index (κ1) is 17.9. The number of aromatic amines is 1. The average Bonchev–Trinajstić information content (AvgIpc) is 3.35. The zero-order chi connectivity index (χ0) is 19.5. The predicted molar refractivity (Wildman–Crippen MR) is 103 cm³/mol. The van der Waals surface area contributed by atoms with Gasteiger partial charge in [-0.05, 0) is 54.8 Å². The van der Waals surface area contributed by atoms with Crippen molar-refractivity contribution in [1.29, 1.82) is 0 Å². The molecule has 0 saturated carbocycles. The zero-order valence-electron chi connectivity index (χ0n) is 15.3. The van der Waals surface area contributed by atoms with Gasteiger partial charge in [-0.15, -0.1) is 0 Å². The van der Waals surface area contributed by atoms with Crippen LogP contribution in [0, 0.1) is 5.82 Å². The number of hydrogen-bond donors (Lipinski definition) is 2. The average molecular weight is 378 g/mol. The third-order valence-electron chi connectivity index (χ3n) is 4.69. The molecule has 2 heterocycles. The Labute approximate surface area is 160 Å². The molecule has 142 valence electrons. The number of rotatable bonds is 6. The van der Waals surface area contributed by atoms with Gasteiger partial charge in [0.2, 0.25) is 12.3 Å². The molecule has 2 aromatic carbocycles. The van der Waals surface area contributed by atoms with Crippen molar-refractivity contribution in [3.8, 4) is 11.3 Å². The molecule has 6 nitrogen and oxygen atoms in total. The van der Waals surface area contributed by atoms with Gasteiger partial charge in [0.05, 0.1) is 6.04 Å². The Hall–Kier alpha value is -3.48. The topological polar surface area (TPSA) is 83.8 Å². The molecule has 7 heteroatoms. The van der Waals surface area contributed by atoms with E-state index in [2.05, 4.69) is 20.4 Å². The SMILES string of the molecule is CC(NC(=O)CCc1c(-c2ccc(F)cc2)[nH]c2ccccc12)c1ncon1. The fourth-order valence-corrected chi connectivity index (χ4v) is 3.31. The molecule has 0 saturated heterocycles. The normalized spacial score (nSPS) is 12.2. The van der Waals surface area contributed by atoms with Crippen molar-refractivity contribution in [2.45, 2.75) is 25.8 Å². The Morgan fingerprint density at radius 1 is 1.21 bits per heavy atom. The third-order valence-corrected chi connectivity index (χ3v) is 4.69. The lowest BCUT2D eigenvalue weighted by Gasteiger charge is -2.10. The summed E-state index contributed by atoms with van der Waals surface area (Å²) in [5.74, 6) is 0.0522. The lowest BCUT2D eigenvalue weighted by atomic mass is 10.0. The number of fused-ring (bicyclic) bond motifs is 1. The molecule has 0 spiro atoms.